The molecule has 0 spiro atoms. The summed E-state index contributed by atoms with van der Waals surface area (Å²) < 4.78 is 82.1. The monoisotopic (exact) mass is 353 g/mol. The van der Waals surface area contributed by atoms with Crippen LogP contribution in [-0.2, 0) is 11.5 Å². The third kappa shape index (κ3) is 4.15. The first-order chi connectivity index (χ1) is 8.58. The van der Waals surface area contributed by atoms with Gasteiger partial charge in [-0.15, -0.1) is 13.2 Å². The Labute approximate surface area is 111 Å². The molecule has 0 unspecified atom stereocenters. The van der Waals surface area contributed by atoms with Crippen LogP contribution in [0.15, 0.2) is 6.07 Å². The smallest absolute Gasteiger partial charge is 0.493 e. The zero-order valence-electron chi connectivity index (χ0n) is 9.19. The Bertz CT molecular complexity index is 434. The van der Waals surface area contributed by atoms with Crippen molar-refractivity contribution in [3.63, 3.8) is 0 Å². The Morgan fingerprint density at radius 1 is 1.21 bits per heavy atom. The van der Waals surface area contributed by atoms with Crippen LogP contribution in [0.5, 0.6) is 11.5 Å². The minimum Gasteiger partial charge on any atom is -0.493 e. The molecular formula is C9H6BrF6NO2. The van der Waals surface area contributed by atoms with Crippen LogP contribution in [0.3, 0.4) is 0 Å². The molecule has 108 valence electrons. The van der Waals surface area contributed by atoms with Gasteiger partial charge in [0.25, 0.3) is 0 Å². The number of pyridine rings is 1. The molecular weight excluding hydrogens is 348 g/mol. The van der Waals surface area contributed by atoms with Gasteiger partial charge >= 0.3 is 12.5 Å². The topological polar surface area (TPSA) is 31.4 Å². The van der Waals surface area contributed by atoms with Crippen molar-refractivity contribution in [2.24, 2.45) is 0 Å². The van der Waals surface area contributed by atoms with Gasteiger partial charge in [0.2, 0.25) is 0 Å². The van der Waals surface area contributed by atoms with Gasteiger partial charge in [-0.3, -0.25) is 0 Å². The van der Waals surface area contributed by atoms with Crippen LogP contribution in [-0.4, -0.2) is 18.5 Å². The van der Waals surface area contributed by atoms with Crippen molar-refractivity contribution in [2.75, 3.05) is 7.11 Å². The van der Waals surface area contributed by atoms with Gasteiger partial charge in [-0.25, -0.2) is 4.98 Å². The molecule has 0 bridgehead atoms. The highest BCUT2D eigenvalue weighted by atomic mass is 79.9. The quantitative estimate of drug-likeness (QED) is 0.610. The Balaban J connectivity index is 3.38. The van der Waals surface area contributed by atoms with E-state index in [0.29, 0.717) is 6.07 Å². The first-order valence-electron chi connectivity index (χ1n) is 4.55. The highest BCUT2D eigenvalue weighted by Crippen LogP contribution is 2.39. The first-order valence-corrected chi connectivity index (χ1v) is 5.67. The number of aromatic nitrogens is 1. The minimum absolute atomic E-state index is 0.341. The molecule has 0 saturated heterocycles. The second-order valence-electron chi connectivity index (χ2n) is 3.16. The molecule has 0 aliphatic rings. The average molecular weight is 354 g/mol. The summed E-state index contributed by atoms with van der Waals surface area (Å²) in [5.41, 5.74) is -1.93. The highest BCUT2D eigenvalue weighted by molar-refractivity contribution is 9.08. The lowest BCUT2D eigenvalue weighted by molar-refractivity contribution is -0.275. The summed E-state index contributed by atoms with van der Waals surface area (Å²) in [6.45, 7) is 0. The third-order valence-electron chi connectivity index (χ3n) is 1.86. The number of alkyl halides is 7. The number of methoxy groups -OCH3 is 1. The van der Waals surface area contributed by atoms with Crippen molar-refractivity contribution in [1.29, 1.82) is 0 Å². The van der Waals surface area contributed by atoms with Gasteiger partial charge in [-0.1, -0.05) is 15.9 Å². The SMILES string of the molecule is COc1cc(C(F)(F)F)nc(CBr)c1OC(F)(F)F. The Morgan fingerprint density at radius 2 is 1.79 bits per heavy atom. The molecule has 0 aliphatic carbocycles. The molecule has 0 aromatic carbocycles. The van der Waals surface area contributed by atoms with Crippen molar-refractivity contribution in [3.05, 3.63) is 17.5 Å². The first kappa shape index (κ1) is 15.9. The predicted octanol–water partition coefficient (Wildman–Crippen LogP) is 3.90. The summed E-state index contributed by atoms with van der Waals surface area (Å²) in [7, 11) is 0.927. The van der Waals surface area contributed by atoms with E-state index in [2.05, 4.69) is 30.4 Å². The zero-order valence-corrected chi connectivity index (χ0v) is 10.8. The minimum atomic E-state index is -5.06. The van der Waals surface area contributed by atoms with Crippen LogP contribution in [0.25, 0.3) is 0 Å². The number of hydrogen-bond donors (Lipinski definition) is 0. The number of hydrogen-bond acceptors (Lipinski definition) is 3. The van der Waals surface area contributed by atoms with Crippen LogP contribution < -0.4 is 9.47 Å². The standard InChI is InChI=1S/C9H6BrF6NO2/c1-18-5-2-6(8(11,12)13)17-4(3-10)7(5)19-9(14,15)16/h2H,3H2,1H3. The summed E-state index contributed by atoms with van der Waals surface area (Å²) >= 11 is 2.75. The predicted molar refractivity (Wildman–Crippen MR) is 55.1 cm³/mol. The van der Waals surface area contributed by atoms with E-state index < -0.39 is 35.4 Å². The normalized spacial score (nSPS) is 12.4. The lowest BCUT2D eigenvalue weighted by Gasteiger charge is -2.17. The van der Waals surface area contributed by atoms with E-state index >= 15 is 0 Å². The molecule has 0 fully saturated rings. The van der Waals surface area contributed by atoms with Gasteiger partial charge in [-0.05, 0) is 0 Å². The molecule has 0 N–H and O–H groups in total. The summed E-state index contributed by atoms with van der Waals surface area (Å²) in [5, 5.41) is -0.362. The van der Waals surface area contributed by atoms with Crippen LogP contribution in [0.1, 0.15) is 11.4 Å². The van der Waals surface area contributed by atoms with E-state index in [1.165, 1.54) is 0 Å². The number of nitrogens with zero attached hydrogens (tertiary/aromatic N) is 1. The van der Waals surface area contributed by atoms with E-state index in [1.807, 2.05) is 0 Å². The van der Waals surface area contributed by atoms with Gasteiger partial charge in [-0.2, -0.15) is 13.2 Å². The van der Waals surface area contributed by atoms with Crippen molar-refractivity contribution >= 4 is 15.9 Å². The van der Waals surface area contributed by atoms with E-state index in [4.69, 9.17) is 0 Å². The van der Waals surface area contributed by atoms with Crippen LogP contribution in [0.4, 0.5) is 26.3 Å². The van der Waals surface area contributed by atoms with Gasteiger partial charge < -0.3 is 9.47 Å². The largest absolute Gasteiger partial charge is 0.573 e. The van der Waals surface area contributed by atoms with Gasteiger partial charge in [0.05, 0.1) is 12.8 Å². The molecule has 0 aliphatic heterocycles. The lowest BCUT2D eigenvalue weighted by Crippen LogP contribution is -2.20. The molecule has 0 amide bonds. The summed E-state index contributed by atoms with van der Waals surface area (Å²) in [5.74, 6) is -1.60. The van der Waals surface area contributed by atoms with Crippen molar-refractivity contribution in [3.8, 4) is 11.5 Å². The van der Waals surface area contributed by atoms with E-state index in [1.54, 1.807) is 0 Å². The Kier molecular flexibility index (Phi) is 4.54. The maximum absolute atomic E-state index is 12.5. The van der Waals surface area contributed by atoms with E-state index in [-0.39, 0.29) is 5.33 Å². The van der Waals surface area contributed by atoms with E-state index in [0.717, 1.165) is 7.11 Å². The molecule has 0 saturated carbocycles. The number of rotatable bonds is 3. The van der Waals surface area contributed by atoms with Crippen molar-refractivity contribution < 1.29 is 35.8 Å². The lowest BCUT2D eigenvalue weighted by atomic mass is 10.2. The molecule has 1 rings (SSSR count). The fourth-order valence-electron chi connectivity index (χ4n) is 1.17. The molecule has 0 atom stereocenters. The van der Waals surface area contributed by atoms with Crippen molar-refractivity contribution in [2.45, 2.75) is 17.9 Å². The molecule has 1 aromatic heterocycles. The molecule has 19 heavy (non-hydrogen) atoms. The van der Waals surface area contributed by atoms with Crippen molar-refractivity contribution in [1.82, 2.24) is 4.98 Å². The second kappa shape index (κ2) is 5.43. The molecule has 3 nitrogen and oxygen atoms in total. The van der Waals surface area contributed by atoms with Gasteiger partial charge in [0.1, 0.15) is 5.69 Å². The maximum Gasteiger partial charge on any atom is 0.573 e. The molecule has 1 aromatic rings. The number of halogens is 7. The van der Waals surface area contributed by atoms with Crippen LogP contribution in [0, 0.1) is 0 Å². The fraction of sp³-hybridized carbons (Fsp3) is 0.444. The van der Waals surface area contributed by atoms with Crippen LogP contribution >= 0.6 is 15.9 Å². The Morgan fingerprint density at radius 3 is 2.16 bits per heavy atom. The molecule has 10 heteroatoms. The fourth-order valence-corrected chi connectivity index (χ4v) is 1.55. The third-order valence-corrected chi connectivity index (χ3v) is 2.39. The summed E-state index contributed by atoms with van der Waals surface area (Å²) in [6, 6.07) is 0.341. The zero-order chi connectivity index (χ0) is 14.8. The summed E-state index contributed by atoms with van der Waals surface area (Å²) in [6.07, 6.45) is -9.87. The van der Waals surface area contributed by atoms with E-state index in [9.17, 15) is 26.3 Å². The second-order valence-corrected chi connectivity index (χ2v) is 3.73. The molecule has 0 radical (unpaired) electrons. The molecule has 1 heterocycles. The maximum atomic E-state index is 12.5. The Hall–Kier alpha value is -1.19. The summed E-state index contributed by atoms with van der Waals surface area (Å²) in [4.78, 5) is 3.08. The van der Waals surface area contributed by atoms with Gasteiger partial charge in [0.15, 0.2) is 11.5 Å². The van der Waals surface area contributed by atoms with Gasteiger partial charge in [0, 0.05) is 11.4 Å². The average Bonchev–Trinajstić information content (AvgIpc) is 2.25. The van der Waals surface area contributed by atoms with Crippen LogP contribution in [0.2, 0.25) is 0 Å². The highest BCUT2D eigenvalue weighted by Gasteiger charge is 2.38. The number of ether oxygens (including phenoxy) is 2.